The number of hydrazine groups is 2. The average Bonchev–Trinajstić information content (AvgIpc) is 2.83. The molecule has 0 radical (unpaired) electrons. The van der Waals surface area contributed by atoms with E-state index in [4.69, 9.17) is 0 Å². The smallest absolute Gasteiger partial charge is 0.258 e. The fourth-order valence-corrected chi connectivity index (χ4v) is 2.66. The number of rotatable bonds is 3. The fraction of sp³-hybridized carbons (Fsp3) is 0.250. The molecular weight excluding hydrogens is 248 g/mol. The summed E-state index contributed by atoms with van der Waals surface area (Å²) in [6.45, 7) is 0.811. The number of hydrogen-bond donors (Lipinski definition) is 2. The monoisotopic (exact) mass is 258 g/mol. The molecule has 0 bridgehead atoms. The van der Waals surface area contributed by atoms with Crippen LogP contribution >= 0.6 is 0 Å². The quantitative estimate of drug-likeness (QED) is 0.565. The number of nitro benzene ring substituents is 1. The standard InChI is InChI=1S/C8H10N4O4S/c13-12(14)7-1-3-8(4-2-7)17(15,16)11-6-5-9-10-11/h1-4,9-10H,5-6H2. The van der Waals surface area contributed by atoms with E-state index in [0.717, 1.165) is 16.5 Å². The van der Waals surface area contributed by atoms with Crippen LogP contribution in [0, 0.1) is 10.1 Å². The van der Waals surface area contributed by atoms with Gasteiger partial charge in [-0.2, -0.15) is 5.53 Å². The topological polar surface area (TPSA) is 105 Å². The number of nitrogens with one attached hydrogen (secondary N) is 2. The molecule has 92 valence electrons. The molecule has 1 aliphatic rings. The van der Waals surface area contributed by atoms with Gasteiger partial charge in [-0.15, -0.1) is 4.41 Å². The molecule has 0 aliphatic carbocycles. The van der Waals surface area contributed by atoms with Crippen molar-refractivity contribution in [1.82, 2.24) is 15.4 Å². The van der Waals surface area contributed by atoms with E-state index in [0.29, 0.717) is 13.1 Å². The Kier molecular flexibility index (Phi) is 3.07. The van der Waals surface area contributed by atoms with Gasteiger partial charge in [-0.1, -0.05) is 0 Å². The van der Waals surface area contributed by atoms with Crippen LogP contribution in [0.5, 0.6) is 0 Å². The van der Waals surface area contributed by atoms with Gasteiger partial charge in [0.2, 0.25) is 0 Å². The first kappa shape index (κ1) is 11.9. The molecule has 1 aromatic rings. The molecule has 1 fully saturated rings. The maximum Gasteiger partial charge on any atom is 0.269 e. The average molecular weight is 258 g/mol. The van der Waals surface area contributed by atoms with E-state index in [-0.39, 0.29) is 10.6 Å². The Labute approximate surface area is 97.4 Å². The lowest BCUT2D eigenvalue weighted by Crippen LogP contribution is -2.40. The molecule has 0 amide bonds. The van der Waals surface area contributed by atoms with Crippen molar-refractivity contribution in [1.29, 1.82) is 0 Å². The van der Waals surface area contributed by atoms with Crippen molar-refractivity contribution >= 4 is 15.7 Å². The van der Waals surface area contributed by atoms with Crippen molar-refractivity contribution in [3.05, 3.63) is 34.4 Å². The third-order valence-corrected chi connectivity index (χ3v) is 4.00. The molecule has 1 saturated heterocycles. The summed E-state index contributed by atoms with van der Waals surface area (Å²) in [7, 11) is -3.64. The van der Waals surface area contributed by atoms with Gasteiger partial charge in [0.25, 0.3) is 15.7 Å². The van der Waals surface area contributed by atoms with Crippen LogP contribution in [0.4, 0.5) is 5.69 Å². The molecule has 0 aromatic heterocycles. The van der Waals surface area contributed by atoms with Gasteiger partial charge in [-0.25, -0.2) is 13.8 Å². The Balaban J connectivity index is 2.30. The highest BCUT2D eigenvalue weighted by atomic mass is 32.2. The zero-order valence-corrected chi connectivity index (χ0v) is 9.48. The second-order valence-corrected chi connectivity index (χ2v) is 5.23. The van der Waals surface area contributed by atoms with Gasteiger partial charge < -0.3 is 0 Å². The SMILES string of the molecule is O=[N+]([O-])c1ccc(S(=O)(=O)N2CCNN2)cc1. The molecule has 0 unspecified atom stereocenters. The summed E-state index contributed by atoms with van der Waals surface area (Å²) in [6.07, 6.45) is 0. The highest BCUT2D eigenvalue weighted by Crippen LogP contribution is 2.18. The number of hydrogen-bond acceptors (Lipinski definition) is 6. The first-order chi connectivity index (χ1) is 8.01. The lowest BCUT2D eigenvalue weighted by atomic mass is 10.3. The third-order valence-electron chi connectivity index (χ3n) is 2.28. The van der Waals surface area contributed by atoms with Crippen molar-refractivity contribution in [3.8, 4) is 0 Å². The minimum absolute atomic E-state index is 0.0132. The predicted molar refractivity (Wildman–Crippen MR) is 58.1 cm³/mol. The maximum atomic E-state index is 12.0. The molecule has 1 heterocycles. The Morgan fingerprint density at radius 2 is 1.94 bits per heavy atom. The van der Waals surface area contributed by atoms with Crippen LogP contribution in [0.2, 0.25) is 0 Å². The predicted octanol–water partition coefficient (Wildman–Crippen LogP) is -0.392. The largest absolute Gasteiger partial charge is 0.269 e. The Morgan fingerprint density at radius 3 is 2.41 bits per heavy atom. The van der Waals surface area contributed by atoms with Crippen molar-refractivity contribution in [2.75, 3.05) is 13.1 Å². The summed E-state index contributed by atoms with van der Waals surface area (Å²) in [5, 5.41) is 10.4. The van der Waals surface area contributed by atoms with Gasteiger partial charge in [-0.3, -0.25) is 10.1 Å². The molecule has 0 spiro atoms. The molecule has 1 aliphatic heterocycles. The second-order valence-electron chi connectivity index (χ2n) is 3.37. The van der Waals surface area contributed by atoms with E-state index in [2.05, 4.69) is 11.0 Å². The van der Waals surface area contributed by atoms with Crippen LogP contribution in [0.3, 0.4) is 0 Å². The highest BCUT2D eigenvalue weighted by Gasteiger charge is 2.27. The Hall–Kier alpha value is -1.55. The van der Waals surface area contributed by atoms with Gasteiger partial charge >= 0.3 is 0 Å². The van der Waals surface area contributed by atoms with E-state index in [1.807, 2.05) is 0 Å². The molecule has 0 saturated carbocycles. The zero-order valence-electron chi connectivity index (χ0n) is 8.66. The lowest BCUT2D eigenvalue weighted by Gasteiger charge is -2.14. The number of benzene rings is 1. The summed E-state index contributed by atoms with van der Waals surface area (Å²) < 4.78 is 25.0. The third kappa shape index (κ3) is 2.26. The van der Waals surface area contributed by atoms with E-state index in [9.17, 15) is 18.5 Å². The molecule has 1 aromatic carbocycles. The zero-order chi connectivity index (χ0) is 12.5. The van der Waals surface area contributed by atoms with E-state index >= 15 is 0 Å². The first-order valence-electron chi connectivity index (χ1n) is 4.77. The molecule has 2 rings (SSSR count). The van der Waals surface area contributed by atoms with E-state index in [1.54, 1.807) is 0 Å². The van der Waals surface area contributed by atoms with Gasteiger partial charge in [0.1, 0.15) is 0 Å². The molecule has 8 nitrogen and oxygen atoms in total. The Bertz CT molecular complexity index is 521. The number of nitrogens with zero attached hydrogens (tertiary/aromatic N) is 2. The summed E-state index contributed by atoms with van der Waals surface area (Å²) in [4.78, 5) is 9.88. The molecule has 2 N–H and O–H groups in total. The van der Waals surface area contributed by atoms with Gasteiger partial charge in [0, 0.05) is 25.2 Å². The Morgan fingerprint density at radius 1 is 1.29 bits per heavy atom. The molecule has 17 heavy (non-hydrogen) atoms. The van der Waals surface area contributed by atoms with Crippen molar-refractivity contribution in [2.24, 2.45) is 0 Å². The highest BCUT2D eigenvalue weighted by molar-refractivity contribution is 7.89. The van der Waals surface area contributed by atoms with Gasteiger partial charge in [0.15, 0.2) is 0 Å². The van der Waals surface area contributed by atoms with Crippen molar-refractivity contribution < 1.29 is 13.3 Å². The van der Waals surface area contributed by atoms with E-state index in [1.165, 1.54) is 12.1 Å². The van der Waals surface area contributed by atoms with Crippen LogP contribution in [0.25, 0.3) is 0 Å². The minimum Gasteiger partial charge on any atom is -0.258 e. The van der Waals surface area contributed by atoms with E-state index < -0.39 is 14.9 Å². The molecule has 9 heteroatoms. The first-order valence-corrected chi connectivity index (χ1v) is 6.21. The van der Waals surface area contributed by atoms with Crippen LogP contribution < -0.4 is 11.0 Å². The fourth-order valence-electron chi connectivity index (χ4n) is 1.40. The number of non-ortho nitro benzene ring substituents is 1. The number of nitro groups is 1. The van der Waals surface area contributed by atoms with Crippen LogP contribution in [0.15, 0.2) is 29.2 Å². The second kappa shape index (κ2) is 4.37. The minimum atomic E-state index is -3.64. The molecular formula is C8H10N4O4S. The van der Waals surface area contributed by atoms with Gasteiger partial charge in [-0.05, 0) is 12.1 Å². The summed E-state index contributed by atoms with van der Waals surface area (Å²) >= 11 is 0. The lowest BCUT2D eigenvalue weighted by molar-refractivity contribution is -0.384. The molecule has 0 atom stereocenters. The normalized spacial score (nSPS) is 17.2. The maximum absolute atomic E-state index is 12.0. The van der Waals surface area contributed by atoms with Crippen molar-refractivity contribution in [2.45, 2.75) is 4.90 Å². The number of sulfonamides is 1. The summed E-state index contributed by atoms with van der Waals surface area (Å²) in [5.74, 6) is 0. The summed E-state index contributed by atoms with van der Waals surface area (Å²) in [5.41, 5.74) is 5.02. The van der Waals surface area contributed by atoms with Gasteiger partial charge in [0.05, 0.1) is 9.82 Å². The van der Waals surface area contributed by atoms with Crippen LogP contribution in [0.1, 0.15) is 0 Å². The van der Waals surface area contributed by atoms with Crippen LogP contribution in [-0.2, 0) is 10.0 Å². The van der Waals surface area contributed by atoms with Crippen LogP contribution in [-0.4, -0.2) is 30.8 Å². The summed E-state index contributed by atoms with van der Waals surface area (Å²) in [6, 6.07) is 4.76. The van der Waals surface area contributed by atoms with Crippen molar-refractivity contribution in [3.63, 3.8) is 0 Å².